The molecule has 124 valence electrons. The van der Waals surface area contributed by atoms with Crippen LogP contribution < -0.4 is 5.32 Å². The Labute approximate surface area is 135 Å². The monoisotopic (exact) mass is 319 g/mol. The molecule has 0 fully saturated rings. The van der Waals surface area contributed by atoms with E-state index >= 15 is 0 Å². The van der Waals surface area contributed by atoms with Crippen LogP contribution in [0.5, 0.6) is 0 Å². The average Bonchev–Trinajstić information content (AvgIpc) is 2.93. The normalized spacial score (nSPS) is 13.6. The van der Waals surface area contributed by atoms with Crippen molar-refractivity contribution in [3.63, 3.8) is 0 Å². The molecule has 1 aromatic heterocycles. The molecule has 2 N–H and O–H groups in total. The molecule has 0 aliphatic heterocycles. The van der Waals surface area contributed by atoms with Gasteiger partial charge in [-0.05, 0) is 49.6 Å². The van der Waals surface area contributed by atoms with Gasteiger partial charge in [0, 0.05) is 12.7 Å². The Morgan fingerprint density at radius 2 is 2.00 bits per heavy atom. The lowest BCUT2D eigenvalue weighted by Gasteiger charge is -2.13. The third-order valence-corrected chi connectivity index (χ3v) is 3.47. The van der Waals surface area contributed by atoms with Crippen molar-refractivity contribution in [2.75, 3.05) is 6.54 Å². The highest BCUT2D eigenvalue weighted by Gasteiger charge is 2.10. The fourth-order valence-electron chi connectivity index (χ4n) is 2.37. The van der Waals surface area contributed by atoms with Gasteiger partial charge in [-0.2, -0.15) is 5.10 Å². The molecule has 5 nitrogen and oxygen atoms in total. The summed E-state index contributed by atoms with van der Waals surface area (Å²) >= 11 is 0. The highest BCUT2D eigenvalue weighted by atomic mass is 19.1. The molecule has 0 aliphatic carbocycles. The van der Waals surface area contributed by atoms with Gasteiger partial charge in [-0.15, -0.1) is 0 Å². The molecule has 2 rings (SSSR count). The lowest BCUT2D eigenvalue weighted by molar-refractivity contribution is -0.120. The van der Waals surface area contributed by atoms with Crippen LogP contribution in [0.25, 0.3) is 5.69 Å². The van der Waals surface area contributed by atoms with E-state index in [1.165, 1.54) is 12.1 Å². The smallest absolute Gasteiger partial charge is 0.226 e. The van der Waals surface area contributed by atoms with Crippen LogP contribution in [0.4, 0.5) is 4.39 Å². The van der Waals surface area contributed by atoms with Gasteiger partial charge in [-0.25, -0.2) is 9.07 Å². The zero-order valence-corrected chi connectivity index (χ0v) is 13.4. The van der Waals surface area contributed by atoms with E-state index in [9.17, 15) is 14.3 Å². The van der Waals surface area contributed by atoms with Crippen LogP contribution in [0.2, 0.25) is 0 Å². The molecule has 6 heteroatoms. The van der Waals surface area contributed by atoms with Crippen molar-refractivity contribution in [1.82, 2.24) is 15.1 Å². The van der Waals surface area contributed by atoms with Crippen molar-refractivity contribution in [2.45, 2.75) is 32.8 Å². The molecule has 0 radical (unpaired) electrons. The molecule has 1 aromatic carbocycles. The summed E-state index contributed by atoms with van der Waals surface area (Å²) in [6, 6.07) is 7.76. The molecule has 0 bridgehead atoms. The number of amides is 1. The maximum Gasteiger partial charge on any atom is 0.226 e. The first-order chi connectivity index (χ1) is 10.9. The minimum absolute atomic E-state index is 0.105. The van der Waals surface area contributed by atoms with Crippen molar-refractivity contribution in [1.29, 1.82) is 0 Å². The summed E-state index contributed by atoms with van der Waals surface area (Å²) in [7, 11) is 0. The fourth-order valence-corrected chi connectivity index (χ4v) is 2.37. The molecule has 0 spiro atoms. The van der Waals surface area contributed by atoms with Crippen molar-refractivity contribution >= 4 is 5.91 Å². The molecule has 0 saturated heterocycles. The molecule has 2 unspecified atom stereocenters. The first-order valence-corrected chi connectivity index (χ1v) is 7.69. The van der Waals surface area contributed by atoms with E-state index in [-0.39, 0.29) is 30.2 Å². The molecule has 0 aliphatic rings. The lowest BCUT2D eigenvalue weighted by atomic mass is 10.0. The summed E-state index contributed by atoms with van der Waals surface area (Å²) in [6.45, 7) is 4.25. The number of carbonyl (C=O) groups is 1. The van der Waals surface area contributed by atoms with Gasteiger partial charge in [0.2, 0.25) is 5.91 Å². The quantitative estimate of drug-likeness (QED) is 0.821. The van der Waals surface area contributed by atoms with Gasteiger partial charge >= 0.3 is 0 Å². The van der Waals surface area contributed by atoms with Crippen molar-refractivity contribution in [3.8, 4) is 5.69 Å². The molecule has 2 aromatic rings. The number of hydrogen-bond donors (Lipinski definition) is 2. The Morgan fingerprint density at radius 3 is 2.65 bits per heavy atom. The van der Waals surface area contributed by atoms with Crippen LogP contribution in [0.15, 0.2) is 36.5 Å². The summed E-state index contributed by atoms with van der Waals surface area (Å²) < 4.78 is 14.5. The number of rotatable bonds is 7. The minimum Gasteiger partial charge on any atom is -0.393 e. The van der Waals surface area contributed by atoms with Crippen LogP contribution in [-0.4, -0.2) is 33.4 Å². The number of benzene rings is 1. The van der Waals surface area contributed by atoms with E-state index in [1.807, 2.05) is 6.92 Å². The van der Waals surface area contributed by atoms with Crippen molar-refractivity contribution < 1.29 is 14.3 Å². The molecule has 1 heterocycles. The van der Waals surface area contributed by atoms with Crippen molar-refractivity contribution in [2.24, 2.45) is 5.92 Å². The van der Waals surface area contributed by atoms with Gasteiger partial charge in [0.1, 0.15) is 5.82 Å². The summed E-state index contributed by atoms with van der Waals surface area (Å²) in [6.07, 6.45) is 2.22. The van der Waals surface area contributed by atoms with E-state index in [2.05, 4.69) is 10.4 Å². The van der Waals surface area contributed by atoms with Crippen LogP contribution in [0.3, 0.4) is 0 Å². The number of nitrogens with one attached hydrogen (secondary N) is 1. The van der Waals surface area contributed by atoms with E-state index in [4.69, 9.17) is 0 Å². The number of aliphatic hydroxyl groups excluding tert-OH is 1. The van der Waals surface area contributed by atoms with Crippen LogP contribution >= 0.6 is 0 Å². The third kappa shape index (κ3) is 5.49. The van der Waals surface area contributed by atoms with Gasteiger partial charge in [0.25, 0.3) is 0 Å². The Kier molecular flexibility index (Phi) is 5.87. The summed E-state index contributed by atoms with van der Waals surface area (Å²) in [5.41, 5.74) is 1.39. The first-order valence-electron chi connectivity index (χ1n) is 7.69. The predicted octanol–water partition coefficient (Wildman–Crippen LogP) is 2.08. The largest absolute Gasteiger partial charge is 0.393 e. The first kappa shape index (κ1) is 17.1. The zero-order chi connectivity index (χ0) is 16.8. The number of halogens is 1. The molecule has 0 saturated carbocycles. The lowest BCUT2D eigenvalue weighted by Crippen LogP contribution is -2.30. The second-order valence-electron chi connectivity index (χ2n) is 5.90. The van der Waals surface area contributed by atoms with Crippen LogP contribution in [0.1, 0.15) is 26.0 Å². The number of carbonyl (C=O) groups excluding carboxylic acids is 1. The molecule has 1 amide bonds. The van der Waals surface area contributed by atoms with Crippen molar-refractivity contribution in [3.05, 3.63) is 48.0 Å². The maximum atomic E-state index is 12.9. The predicted molar refractivity (Wildman–Crippen MR) is 85.7 cm³/mol. The standard InChI is InChI=1S/C17H22FN3O2/c1-12(9-13(2)22)11-19-17(23)10-15-7-8-21(20-15)16-5-3-14(18)4-6-16/h3-8,12-13,22H,9-11H2,1-2H3,(H,19,23). The number of hydrogen-bond acceptors (Lipinski definition) is 3. The van der Waals surface area contributed by atoms with Gasteiger partial charge < -0.3 is 10.4 Å². The summed E-state index contributed by atoms with van der Waals surface area (Å²) in [5, 5.41) is 16.5. The van der Waals surface area contributed by atoms with E-state index in [1.54, 1.807) is 36.0 Å². The van der Waals surface area contributed by atoms with Crippen LogP contribution in [-0.2, 0) is 11.2 Å². The molecular formula is C17H22FN3O2. The SMILES string of the molecule is CC(O)CC(C)CNC(=O)Cc1ccn(-c2ccc(F)cc2)n1. The second-order valence-corrected chi connectivity index (χ2v) is 5.90. The number of aliphatic hydroxyl groups is 1. The van der Waals surface area contributed by atoms with Crippen LogP contribution in [0, 0.1) is 11.7 Å². The Hall–Kier alpha value is -2.21. The number of aromatic nitrogens is 2. The second kappa shape index (κ2) is 7.87. The highest BCUT2D eigenvalue weighted by molar-refractivity contribution is 5.78. The Morgan fingerprint density at radius 1 is 1.30 bits per heavy atom. The maximum absolute atomic E-state index is 12.9. The average molecular weight is 319 g/mol. The highest BCUT2D eigenvalue weighted by Crippen LogP contribution is 2.09. The number of nitrogens with zero attached hydrogens (tertiary/aromatic N) is 2. The topological polar surface area (TPSA) is 67.2 Å². The van der Waals surface area contributed by atoms with E-state index in [0.29, 0.717) is 18.7 Å². The van der Waals surface area contributed by atoms with Gasteiger partial charge in [-0.3, -0.25) is 4.79 Å². The minimum atomic E-state index is -0.367. The Bertz CT molecular complexity index is 638. The van der Waals surface area contributed by atoms with E-state index < -0.39 is 0 Å². The third-order valence-electron chi connectivity index (χ3n) is 3.47. The van der Waals surface area contributed by atoms with Gasteiger partial charge in [-0.1, -0.05) is 6.92 Å². The summed E-state index contributed by atoms with van der Waals surface area (Å²) in [5.74, 6) is -0.186. The fraction of sp³-hybridized carbons (Fsp3) is 0.412. The van der Waals surface area contributed by atoms with E-state index in [0.717, 1.165) is 5.69 Å². The molecule has 2 atom stereocenters. The van der Waals surface area contributed by atoms with Gasteiger partial charge in [0.15, 0.2) is 0 Å². The molecule has 23 heavy (non-hydrogen) atoms. The van der Waals surface area contributed by atoms with Gasteiger partial charge in [0.05, 0.1) is 23.9 Å². The zero-order valence-electron chi connectivity index (χ0n) is 13.4. The molecular weight excluding hydrogens is 297 g/mol. The Balaban J connectivity index is 1.86. The summed E-state index contributed by atoms with van der Waals surface area (Å²) in [4.78, 5) is 11.9.